The lowest BCUT2D eigenvalue weighted by Gasteiger charge is -2.07. The molecule has 0 saturated carbocycles. The van der Waals surface area contributed by atoms with Gasteiger partial charge in [0.15, 0.2) is 0 Å². The lowest BCUT2D eigenvalue weighted by atomic mass is 10.2. The van der Waals surface area contributed by atoms with Crippen LogP contribution in [0, 0.1) is 26.0 Å². The lowest BCUT2D eigenvalue weighted by molar-refractivity contribution is -0.387. The number of anilines is 1. The van der Waals surface area contributed by atoms with Crippen LogP contribution in [0.3, 0.4) is 0 Å². The predicted molar refractivity (Wildman–Crippen MR) is 87.1 cm³/mol. The molecule has 0 unspecified atom stereocenters. The third-order valence-corrected chi connectivity index (χ3v) is 3.16. The Morgan fingerprint density at radius 2 is 1.77 bits per heavy atom. The molecule has 26 heavy (non-hydrogen) atoms. The molecule has 0 atom stereocenters. The summed E-state index contributed by atoms with van der Waals surface area (Å²) in [5.74, 6) is -2.48. The number of hydrogen-bond donors (Lipinski definition) is 2. The predicted octanol–water partition coefficient (Wildman–Crippen LogP) is 2.01. The summed E-state index contributed by atoms with van der Waals surface area (Å²) >= 11 is 0. The third kappa shape index (κ3) is 4.56. The van der Waals surface area contributed by atoms with E-state index >= 15 is 0 Å². The molecule has 2 amide bonds. The number of nitrogens with zero attached hydrogens (tertiary/aromatic N) is 2. The summed E-state index contributed by atoms with van der Waals surface area (Å²) in [6.45, 7) is -0.493. The molecule has 0 heterocycles. The van der Waals surface area contributed by atoms with E-state index in [1.807, 2.05) is 0 Å². The van der Waals surface area contributed by atoms with E-state index in [-0.39, 0.29) is 16.9 Å². The van der Waals surface area contributed by atoms with Crippen molar-refractivity contribution in [2.75, 3.05) is 11.9 Å². The SMILES string of the molecule is O=C(CNC(=O)c1cccc([N+](=O)[O-])c1)Nc1ccc(F)c([N+](=O)[O-])c1. The normalized spacial score (nSPS) is 10.0. The molecular weight excluding hydrogens is 351 g/mol. The van der Waals surface area contributed by atoms with Gasteiger partial charge in [-0.25, -0.2) is 0 Å². The molecule has 0 bridgehead atoms. The smallest absolute Gasteiger partial charge is 0.306 e. The number of carbonyl (C=O) groups is 2. The van der Waals surface area contributed by atoms with Gasteiger partial charge < -0.3 is 10.6 Å². The van der Waals surface area contributed by atoms with E-state index in [9.17, 15) is 34.2 Å². The summed E-state index contributed by atoms with van der Waals surface area (Å²) < 4.78 is 13.2. The van der Waals surface area contributed by atoms with Crippen LogP contribution in [-0.4, -0.2) is 28.2 Å². The molecule has 0 saturated heterocycles. The fourth-order valence-corrected chi connectivity index (χ4v) is 1.96. The fraction of sp³-hybridized carbons (Fsp3) is 0.0667. The van der Waals surface area contributed by atoms with Crippen molar-refractivity contribution in [1.29, 1.82) is 0 Å². The molecular formula is C15H11FN4O6. The number of halogens is 1. The van der Waals surface area contributed by atoms with Crippen molar-refractivity contribution in [3.05, 3.63) is 74.1 Å². The van der Waals surface area contributed by atoms with Gasteiger partial charge in [-0.2, -0.15) is 4.39 Å². The number of benzene rings is 2. The summed E-state index contributed by atoms with van der Waals surface area (Å²) in [4.78, 5) is 43.4. The Hall–Kier alpha value is -3.89. The van der Waals surface area contributed by atoms with E-state index in [4.69, 9.17) is 0 Å². The maximum atomic E-state index is 13.2. The van der Waals surface area contributed by atoms with Gasteiger partial charge in [-0.15, -0.1) is 0 Å². The van der Waals surface area contributed by atoms with E-state index in [1.165, 1.54) is 18.2 Å². The molecule has 0 aliphatic carbocycles. The van der Waals surface area contributed by atoms with Crippen LogP contribution < -0.4 is 10.6 Å². The van der Waals surface area contributed by atoms with Crippen LogP contribution >= 0.6 is 0 Å². The molecule has 11 heteroatoms. The third-order valence-electron chi connectivity index (χ3n) is 3.16. The van der Waals surface area contributed by atoms with E-state index < -0.39 is 39.7 Å². The number of hydrogen-bond acceptors (Lipinski definition) is 6. The van der Waals surface area contributed by atoms with Crippen molar-refractivity contribution < 1.29 is 23.8 Å². The zero-order valence-electron chi connectivity index (χ0n) is 13.0. The second kappa shape index (κ2) is 7.79. The van der Waals surface area contributed by atoms with Crippen LogP contribution in [0.2, 0.25) is 0 Å². The summed E-state index contributed by atoms with van der Waals surface area (Å²) in [6.07, 6.45) is 0. The number of nitro groups is 2. The van der Waals surface area contributed by atoms with E-state index in [1.54, 1.807) is 0 Å². The molecule has 2 rings (SSSR count). The Balaban J connectivity index is 1.97. The molecule has 0 fully saturated rings. The van der Waals surface area contributed by atoms with Gasteiger partial charge in [0.1, 0.15) is 0 Å². The topological polar surface area (TPSA) is 144 Å². The van der Waals surface area contributed by atoms with Crippen LogP contribution in [0.5, 0.6) is 0 Å². The fourth-order valence-electron chi connectivity index (χ4n) is 1.96. The number of nitro benzene ring substituents is 2. The molecule has 2 aromatic carbocycles. The van der Waals surface area contributed by atoms with Gasteiger partial charge in [0, 0.05) is 29.4 Å². The van der Waals surface area contributed by atoms with Crippen molar-refractivity contribution in [2.24, 2.45) is 0 Å². The van der Waals surface area contributed by atoms with Crippen LogP contribution in [-0.2, 0) is 4.79 Å². The molecule has 134 valence electrons. The molecule has 0 aliphatic rings. The average molecular weight is 362 g/mol. The number of nitrogens with one attached hydrogen (secondary N) is 2. The van der Waals surface area contributed by atoms with Crippen LogP contribution in [0.4, 0.5) is 21.5 Å². The molecule has 2 N–H and O–H groups in total. The van der Waals surface area contributed by atoms with Crippen LogP contribution in [0.1, 0.15) is 10.4 Å². The Kier molecular flexibility index (Phi) is 5.53. The monoisotopic (exact) mass is 362 g/mol. The minimum atomic E-state index is -1.05. The van der Waals surface area contributed by atoms with Crippen LogP contribution in [0.15, 0.2) is 42.5 Å². The minimum absolute atomic E-state index is 0.00980. The molecule has 0 aromatic heterocycles. The number of carbonyl (C=O) groups excluding carboxylic acids is 2. The van der Waals surface area contributed by atoms with E-state index in [2.05, 4.69) is 10.6 Å². The maximum absolute atomic E-state index is 13.2. The van der Waals surface area contributed by atoms with Gasteiger partial charge in [0.2, 0.25) is 11.7 Å². The standard InChI is InChI=1S/C15H11FN4O6/c16-12-5-4-10(7-13(12)20(25)26)18-14(21)8-17-15(22)9-2-1-3-11(6-9)19(23)24/h1-7H,8H2,(H,17,22)(H,18,21). The summed E-state index contributed by atoms with van der Waals surface area (Å²) in [6, 6.07) is 7.73. The van der Waals surface area contributed by atoms with Gasteiger partial charge >= 0.3 is 5.69 Å². The van der Waals surface area contributed by atoms with Gasteiger partial charge in [-0.3, -0.25) is 29.8 Å². The molecule has 0 radical (unpaired) electrons. The summed E-state index contributed by atoms with van der Waals surface area (Å²) in [7, 11) is 0. The van der Waals surface area contributed by atoms with Crippen molar-refractivity contribution in [3.8, 4) is 0 Å². The van der Waals surface area contributed by atoms with Gasteiger partial charge in [0.25, 0.3) is 11.6 Å². The second-order valence-electron chi connectivity index (χ2n) is 4.96. The average Bonchev–Trinajstić information content (AvgIpc) is 2.61. The Labute approximate surface area is 144 Å². The van der Waals surface area contributed by atoms with Gasteiger partial charge in [0.05, 0.1) is 16.4 Å². The number of amides is 2. The molecule has 0 spiro atoms. The molecule has 0 aliphatic heterocycles. The number of rotatable bonds is 6. The summed E-state index contributed by atoms with van der Waals surface area (Å²) in [5, 5.41) is 25.9. The highest BCUT2D eigenvalue weighted by molar-refractivity contribution is 5.99. The van der Waals surface area contributed by atoms with Crippen molar-refractivity contribution in [1.82, 2.24) is 5.32 Å². The maximum Gasteiger partial charge on any atom is 0.306 e. The van der Waals surface area contributed by atoms with Gasteiger partial charge in [-0.05, 0) is 18.2 Å². The van der Waals surface area contributed by atoms with E-state index in [0.717, 1.165) is 24.3 Å². The van der Waals surface area contributed by atoms with E-state index in [0.29, 0.717) is 0 Å². The molecule has 10 nitrogen and oxygen atoms in total. The summed E-state index contributed by atoms with van der Waals surface area (Å²) in [5.41, 5.74) is -1.11. The van der Waals surface area contributed by atoms with Crippen LogP contribution in [0.25, 0.3) is 0 Å². The Morgan fingerprint density at radius 1 is 1.04 bits per heavy atom. The zero-order chi connectivity index (χ0) is 19.3. The zero-order valence-corrected chi connectivity index (χ0v) is 13.0. The first-order valence-corrected chi connectivity index (χ1v) is 7.04. The minimum Gasteiger partial charge on any atom is -0.343 e. The number of non-ortho nitro benzene ring substituents is 1. The molecule has 2 aromatic rings. The van der Waals surface area contributed by atoms with Gasteiger partial charge in [-0.1, -0.05) is 6.07 Å². The Morgan fingerprint density at radius 3 is 2.42 bits per heavy atom. The van der Waals surface area contributed by atoms with Crippen molar-refractivity contribution in [2.45, 2.75) is 0 Å². The first-order chi connectivity index (χ1) is 12.3. The highest BCUT2D eigenvalue weighted by atomic mass is 19.1. The largest absolute Gasteiger partial charge is 0.343 e. The first-order valence-electron chi connectivity index (χ1n) is 7.04. The Bertz CT molecular complexity index is 901. The highest BCUT2D eigenvalue weighted by Gasteiger charge is 2.16. The quantitative estimate of drug-likeness (QED) is 0.594. The first kappa shape index (κ1) is 18.4. The second-order valence-corrected chi connectivity index (χ2v) is 4.96. The van der Waals surface area contributed by atoms with Crippen molar-refractivity contribution in [3.63, 3.8) is 0 Å². The lowest BCUT2D eigenvalue weighted by Crippen LogP contribution is -2.32. The van der Waals surface area contributed by atoms with Crippen molar-refractivity contribution >= 4 is 28.9 Å². The highest BCUT2D eigenvalue weighted by Crippen LogP contribution is 2.21.